The fourth-order valence-electron chi connectivity index (χ4n) is 1.14. The van der Waals surface area contributed by atoms with Gasteiger partial charge in [-0.1, -0.05) is 17.2 Å². The molecule has 7 heteroatoms. The average Bonchev–Trinajstić information content (AvgIpc) is 2.22. The minimum Gasteiger partial charge on any atom is -0.384 e. The van der Waals surface area contributed by atoms with E-state index in [2.05, 4.69) is 20.1 Å². The summed E-state index contributed by atoms with van der Waals surface area (Å²) in [5.41, 5.74) is 16.1. The van der Waals surface area contributed by atoms with Crippen LogP contribution in [0.1, 0.15) is 13.3 Å². The summed E-state index contributed by atoms with van der Waals surface area (Å²) >= 11 is 0. The van der Waals surface area contributed by atoms with Gasteiger partial charge in [0.25, 0.3) is 0 Å². The number of azide groups is 2. The molecule has 0 amide bonds. The van der Waals surface area contributed by atoms with E-state index in [1.165, 1.54) is 0 Å². The predicted molar refractivity (Wildman–Crippen MR) is 52.6 cm³/mol. The number of hydrogen-bond acceptors (Lipinski definition) is 3. The summed E-state index contributed by atoms with van der Waals surface area (Å²) in [7, 11) is 1.57. The molecule has 0 aromatic heterocycles. The minimum atomic E-state index is -0.368. The van der Waals surface area contributed by atoms with Gasteiger partial charge in [-0.15, -0.1) is 0 Å². The summed E-state index contributed by atoms with van der Waals surface area (Å²) in [5.74, 6) is 0. The van der Waals surface area contributed by atoms with Crippen LogP contribution < -0.4 is 0 Å². The van der Waals surface area contributed by atoms with E-state index in [-0.39, 0.29) is 18.5 Å². The van der Waals surface area contributed by atoms with Crippen molar-refractivity contribution in [3.63, 3.8) is 0 Å². The van der Waals surface area contributed by atoms with Crippen LogP contribution in [-0.4, -0.2) is 26.8 Å². The highest BCUT2D eigenvalue weighted by molar-refractivity contribution is 4.83. The van der Waals surface area contributed by atoms with Gasteiger partial charge in [-0.2, -0.15) is 0 Å². The van der Waals surface area contributed by atoms with Gasteiger partial charge in [0.2, 0.25) is 0 Å². The molecule has 78 valence electrons. The van der Waals surface area contributed by atoms with Gasteiger partial charge < -0.3 is 4.74 Å². The fraction of sp³-hybridized carbons (Fsp3) is 1.00. The maximum atomic E-state index is 8.23. The van der Waals surface area contributed by atoms with E-state index < -0.39 is 0 Å². The number of nitrogens with zero attached hydrogens (tertiary/aromatic N) is 6. The number of hydrogen-bond donors (Lipinski definition) is 0. The van der Waals surface area contributed by atoms with Gasteiger partial charge in [0.15, 0.2) is 0 Å². The van der Waals surface area contributed by atoms with Crippen molar-refractivity contribution >= 4 is 0 Å². The van der Waals surface area contributed by atoms with Gasteiger partial charge in [-0.3, -0.25) is 0 Å². The van der Waals surface area contributed by atoms with Crippen molar-refractivity contribution in [2.75, 3.05) is 26.8 Å². The Bertz CT molecular complexity index is 233. The first-order valence-electron chi connectivity index (χ1n) is 4.25. The van der Waals surface area contributed by atoms with E-state index >= 15 is 0 Å². The molecule has 0 bridgehead atoms. The third-order valence-electron chi connectivity index (χ3n) is 2.14. The standard InChI is InChI=1S/C7H14N6O/c1-3-7(6-14-2,4-10-12-8)5-11-13-9/h3-6H2,1-2H3. The zero-order chi connectivity index (χ0) is 10.9. The SMILES string of the molecule is CCC(CN=[N+]=[N-])(CN=[N+]=[N-])COC. The van der Waals surface area contributed by atoms with Crippen LogP contribution >= 0.6 is 0 Å². The average molecular weight is 198 g/mol. The van der Waals surface area contributed by atoms with E-state index in [1.54, 1.807) is 7.11 Å². The highest BCUT2D eigenvalue weighted by Crippen LogP contribution is 2.23. The molecule has 0 saturated heterocycles. The van der Waals surface area contributed by atoms with Crippen LogP contribution in [0, 0.1) is 5.41 Å². The van der Waals surface area contributed by atoms with E-state index in [4.69, 9.17) is 15.8 Å². The van der Waals surface area contributed by atoms with Gasteiger partial charge in [-0.25, -0.2) is 0 Å². The predicted octanol–water partition coefficient (Wildman–Crippen LogP) is 2.65. The Morgan fingerprint density at radius 3 is 2.00 bits per heavy atom. The molecule has 0 aromatic carbocycles. The molecule has 0 radical (unpaired) electrons. The van der Waals surface area contributed by atoms with Crippen LogP contribution in [0.15, 0.2) is 10.2 Å². The summed E-state index contributed by atoms with van der Waals surface area (Å²) in [6.07, 6.45) is 0.735. The zero-order valence-corrected chi connectivity index (χ0v) is 8.42. The minimum absolute atomic E-state index is 0.285. The van der Waals surface area contributed by atoms with Crippen molar-refractivity contribution in [3.8, 4) is 0 Å². The summed E-state index contributed by atoms with van der Waals surface area (Å²) in [4.78, 5) is 5.39. The lowest BCUT2D eigenvalue weighted by Gasteiger charge is -2.28. The van der Waals surface area contributed by atoms with Gasteiger partial charge in [0, 0.05) is 35.4 Å². The second-order valence-corrected chi connectivity index (χ2v) is 3.06. The quantitative estimate of drug-likeness (QED) is 0.350. The van der Waals surface area contributed by atoms with Crippen molar-refractivity contribution < 1.29 is 4.74 Å². The molecule has 0 aliphatic rings. The maximum Gasteiger partial charge on any atom is 0.0521 e. The van der Waals surface area contributed by atoms with Crippen LogP contribution in [-0.2, 0) is 4.74 Å². The van der Waals surface area contributed by atoms with E-state index in [0.29, 0.717) is 6.61 Å². The van der Waals surface area contributed by atoms with Crippen molar-refractivity contribution in [3.05, 3.63) is 20.9 Å². The summed E-state index contributed by atoms with van der Waals surface area (Å²) in [5, 5.41) is 7.01. The summed E-state index contributed by atoms with van der Waals surface area (Å²) in [6.45, 7) is 2.93. The first-order valence-corrected chi connectivity index (χ1v) is 4.25. The van der Waals surface area contributed by atoms with Crippen molar-refractivity contribution in [1.29, 1.82) is 0 Å². The Balaban J connectivity index is 4.56. The Kier molecular flexibility index (Phi) is 6.32. The van der Waals surface area contributed by atoms with Crippen molar-refractivity contribution in [1.82, 2.24) is 0 Å². The topological polar surface area (TPSA) is 107 Å². The first kappa shape index (κ1) is 12.6. The van der Waals surface area contributed by atoms with Crippen LogP contribution in [0.4, 0.5) is 0 Å². The molecular formula is C7H14N6O. The molecule has 0 rings (SSSR count). The van der Waals surface area contributed by atoms with E-state index in [9.17, 15) is 0 Å². The maximum absolute atomic E-state index is 8.23. The molecule has 0 aliphatic heterocycles. The molecule has 0 N–H and O–H groups in total. The third kappa shape index (κ3) is 4.00. The monoisotopic (exact) mass is 198 g/mol. The summed E-state index contributed by atoms with van der Waals surface area (Å²) in [6, 6.07) is 0. The Hall–Kier alpha value is -1.42. The second kappa shape index (κ2) is 7.03. The lowest BCUT2D eigenvalue weighted by Crippen LogP contribution is -2.32. The van der Waals surface area contributed by atoms with Gasteiger partial charge in [-0.05, 0) is 17.5 Å². The van der Waals surface area contributed by atoms with Crippen molar-refractivity contribution in [2.45, 2.75) is 13.3 Å². The highest BCUT2D eigenvalue weighted by Gasteiger charge is 2.26. The zero-order valence-electron chi connectivity index (χ0n) is 8.42. The number of rotatable bonds is 7. The molecular weight excluding hydrogens is 184 g/mol. The molecule has 0 aliphatic carbocycles. The largest absolute Gasteiger partial charge is 0.384 e. The molecule has 0 fully saturated rings. The summed E-state index contributed by atoms with van der Waals surface area (Å²) < 4.78 is 5.03. The molecule has 7 nitrogen and oxygen atoms in total. The first-order chi connectivity index (χ1) is 6.74. The van der Waals surface area contributed by atoms with Crippen LogP contribution in [0.2, 0.25) is 0 Å². The molecule has 0 atom stereocenters. The van der Waals surface area contributed by atoms with Crippen LogP contribution in [0.5, 0.6) is 0 Å². The lowest BCUT2D eigenvalue weighted by molar-refractivity contribution is 0.0874. The second-order valence-electron chi connectivity index (χ2n) is 3.06. The Morgan fingerprint density at radius 1 is 1.21 bits per heavy atom. The smallest absolute Gasteiger partial charge is 0.0521 e. The molecule has 0 aromatic rings. The normalized spacial score (nSPS) is 13.6. The van der Waals surface area contributed by atoms with Gasteiger partial charge in [0.05, 0.1) is 6.61 Å². The Morgan fingerprint density at radius 2 is 1.71 bits per heavy atom. The van der Waals surface area contributed by atoms with E-state index in [0.717, 1.165) is 6.42 Å². The van der Waals surface area contributed by atoms with Gasteiger partial charge >= 0.3 is 0 Å². The number of methoxy groups -OCH3 is 1. The van der Waals surface area contributed by atoms with E-state index in [1.807, 2.05) is 6.92 Å². The Labute approximate surface area is 82.3 Å². The molecule has 0 spiro atoms. The van der Waals surface area contributed by atoms with Crippen LogP contribution in [0.3, 0.4) is 0 Å². The fourth-order valence-corrected chi connectivity index (χ4v) is 1.14. The molecule has 0 unspecified atom stereocenters. The van der Waals surface area contributed by atoms with Crippen LogP contribution in [0.25, 0.3) is 20.9 Å². The lowest BCUT2D eigenvalue weighted by atomic mass is 9.86. The third-order valence-corrected chi connectivity index (χ3v) is 2.14. The highest BCUT2D eigenvalue weighted by atomic mass is 16.5. The number of ether oxygens (including phenoxy) is 1. The van der Waals surface area contributed by atoms with Gasteiger partial charge in [0.1, 0.15) is 0 Å². The molecule has 0 heterocycles. The van der Waals surface area contributed by atoms with Crippen molar-refractivity contribution in [2.24, 2.45) is 15.6 Å². The molecule has 0 saturated carbocycles. The molecule has 14 heavy (non-hydrogen) atoms.